The number of rotatable bonds is 4. The smallest absolute Gasteiger partial charge is 0.247 e. The van der Waals surface area contributed by atoms with Gasteiger partial charge in [-0.15, -0.1) is 10.2 Å². The molecule has 10 heteroatoms. The van der Waals surface area contributed by atoms with Crippen LogP contribution in [0.25, 0.3) is 22.8 Å². The van der Waals surface area contributed by atoms with Crippen molar-refractivity contribution in [2.45, 2.75) is 38.3 Å². The Morgan fingerprint density at radius 3 is 2.83 bits per heavy atom. The van der Waals surface area contributed by atoms with Gasteiger partial charge in [-0.2, -0.15) is 0 Å². The van der Waals surface area contributed by atoms with Gasteiger partial charge in [0.05, 0.1) is 24.5 Å². The average molecular weight is 406 g/mol. The zero-order valence-electron chi connectivity index (χ0n) is 16.8. The molecular weight excluding hydrogens is 384 g/mol. The Morgan fingerprint density at radius 1 is 1.20 bits per heavy atom. The van der Waals surface area contributed by atoms with Gasteiger partial charge in [0, 0.05) is 24.4 Å². The monoisotopic (exact) mass is 406 g/mol. The second kappa shape index (κ2) is 7.45. The summed E-state index contributed by atoms with van der Waals surface area (Å²) in [7, 11) is 1.72. The van der Waals surface area contributed by atoms with Gasteiger partial charge in [0.15, 0.2) is 17.5 Å². The molecule has 2 atom stereocenters. The van der Waals surface area contributed by atoms with Gasteiger partial charge in [-0.3, -0.25) is 9.69 Å². The first-order valence-corrected chi connectivity index (χ1v) is 9.94. The number of anilines is 2. The van der Waals surface area contributed by atoms with Crippen molar-refractivity contribution in [1.82, 2.24) is 30.1 Å². The van der Waals surface area contributed by atoms with Crippen LogP contribution >= 0.6 is 0 Å². The minimum atomic E-state index is 0.00576. The largest absolute Gasteiger partial charge is 0.381 e. The normalized spacial score (nSPS) is 20.9. The van der Waals surface area contributed by atoms with Crippen LogP contribution in [0.3, 0.4) is 0 Å². The summed E-state index contributed by atoms with van der Waals surface area (Å²) in [5.41, 5.74) is 3.02. The molecule has 1 fully saturated rings. The van der Waals surface area contributed by atoms with Gasteiger partial charge in [-0.25, -0.2) is 15.0 Å². The third-order valence-corrected chi connectivity index (χ3v) is 5.73. The van der Waals surface area contributed by atoms with Crippen molar-refractivity contribution in [2.24, 2.45) is 0 Å². The molecule has 4 heterocycles. The van der Waals surface area contributed by atoms with E-state index in [1.807, 2.05) is 19.1 Å². The molecule has 2 aliphatic rings. The molecule has 1 saturated carbocycles. The average Bonchev–Trinajstić information content (AvgIpc) is 3.45. The standard InChI is InChI=1S/C20H22N8O2/c1-11-14(5-6-15(25-11)18-23-10-24-27-18)16-8-21-19-20(26-16)28(17(29)9-22-19)12-3-4-13(7-12)30-2/h5-6,8,10,12-13H,3-4,7,9H2,1-2H3,(H,21,22)(H,23,24,27)/t12-,13-/m0/s1. The molecule has 10 nitrogen and oxygen atoms in total. The summed E-state index contributed by atoms with van der Waals surface area (Å²) in [4.78, 5) is 31.5. The summed E-state index contributed by atoms with van der Waals surface area (Å²) in [6, 6.07) is 3.88. The van der Waals surface area contributed by atoms with Gasteiger partial charge in [-0.05, 0) is 38.3 Å². The van der Waals surface area contributed by atoms with Crippen LogP contribution in [-0.2, 0) is 9.53 Å². The molecule has 0 radical (unpaired) electrons. The lowest BCUT2D eigenvalue weighted by atomic mass is 10.1. The number of pyridine rings is 1. The number of methoxy groups -OCH3 is 1. The Labute approximate surface area is 173 Å². The van der Waals surface area contributed by atoms with Crippen LogP contribution in [0.5, 0.6) is 0 Å². The lowest BCUT2D eigenvalue weighted by Crippen LogP contribution is -2.46. The van der Waals surface area contributed by atoms with Crippen molar-refractivity contribution in [3.8, 4) is 22.8 Å². The van der Waals surface area contributed by atoms with Crippen molar-refractivity contribution in [2.75, 3.05) is 23.9 Å². The van der Waals surface area contributed by atoms with Crippen molar-refractivity contribution in [3.05, 3.63) is 30.4 Å². The summed E-state index contributed by atoms with van der Waals surface area (Å²) in [6.45, 7) is 2.14. The predicted octanol–water partition coefficient (Wildman–Crippen LogP) is 1.96. The van der Waals surface area contributed by atoms with E-state index in [1.165, 1.54) is 6.33 Å². The van der Waals surface area contributed by atoms with E-state index in [2.05, 4.69) is 30.5 Å². The second-order valence-corrected chi connectivity index (χ2v) is 7.54. The Kier molecular flexibility index (Phi) is 4.62. The van der Waals surface area contributed by atoms with E-state index < -0.39 is 0 Å². The molecule has 1 amide bonds. The van der Waals surface area contributed by atoms with Crippen LogP contribution in [0.4, 0.5) is 11.6 Å². The number of fused-ring (bicyclic) bond motifs is 1. The third kappa shape index (κ3) is 3.18. The fraction of sp³-hybridized carbons (Fsp3) is 0.400. The topological polar surface area (TPSA) is 122 Å². The van der Waals surface area contributed by atoms with Gasteiger partial charge in [-0.1, -0.05) is 0 Å². The molecule has 0 saturated heterocycles. The molecule has 0 bridgehead atoms. The first kappa shape index (κ1) is 18.6. The Morgan fingerprint density at radius 2 is 2.10 bits per heavy atom. The number of carbonyl (C=O) groups is 1. The number of ether oxygens (including phenoxy) is 1. The van der Waals surface area contributed by atoms with Gasteiger partial charge in [0.25, 0.3) is 0 Å². The number of aromatic amines is 1. The van der Waals surface area contributed by atoms with Crippen LogP contribution in [0.15, 0.2) is 24.7 Å². The maximum Gasteiger partial charge on any atom is 0.247 e. The highest BCUT2D eigenvalue weighted by molar-refractivity contribution is 6.01. The van der Waals surface area contributed by atoms with E-state index in [0.717, 1.165) is 30.5 Å². The van der Waals surface area contributed by atoms with Crippen LogP contribution in [-0.4, -0.2) is 61.8 Å². The zero-order valence-corrected chi connectivity index (χ0v) is 16.8. The van der Waals surface area contributed by atoms with Crippen molar-refractivity contribution >= 4 is 17.5 Å². The Hall–Kier alpha value is -3.40. The third-order valence-electron chi connectivity index (χ3n) is 5.73. The Balaban J connectivity index is 1.51. The van der Waals surface area contributed by atoms with E-state index in [-0.39, 0.29) is 24.6 Å². The minimum absolute atomic E-state index is 0.00576. The summed E-state index contributed by atoms with van der Waals surface area (Å²) in [5.74, 6) is 1.81. The molecule has 0 spiro atoms. The van der Waals surface area contributed by atoms with Gasteiger partial charge in [0.2, 0.25) is 5.91 Å². The van der Waals surface area contributed by atoms with Crippen LogP contribution in [0.1, 0.15) is 25.0 Å². The molecule has 30 heavy (non-hydrogen) atoms. The lowest BCUT2D eigenvalue weighted by Gasteiger charge is -2.33. The number of aromatic nitrogens is 6. The zero-order chi connectivity index (χ0) is 20.7. The lowest BCUT2D eigenvalue weighted by molar-refractivity contribution is -0.117. The fourth-order valence-corrected chi connectivity index (χ4v) is 4.20. The van der Waals surface area contributed by atoms with Crippen LogP contribution in [0, 0.1) is 6.92 Å². The highest BCUT2D eigenvalue weighted by Gasteiger charge is 2.37. The molecule has 0 aromatic carbocycles. The number of hydrogen-bond donors (Lipinski definition) is 2. The van der Waals surface area contributed by atoms with Gasteiger partial charge < -0.3 is 15.0 Å². The van der Waals surface area contributed by atoms with Crippen molar-refractivity contribution in [3.63, 3.8) is 0 Å². The molecule has 3 aromatic heterocycles. The number of H-pyrrole nitrogens is 1. The molecule has 0 unspecified atom stereocenters. The van der Waals surface area contributed by atoms with Crippen LogP contribution < -0.4 is 10.2 Å². The molecule has 1 aliphatic heterocycles. The van der Waals surface area contributed by atoms with E-state index in [9.17, 15) is 4.79 Å². The summed E-state index contributed by atoms with van der Waals surface area (Å²) < 4.78 is 5.50. The molecular formula is C20H22N8O2. The van der Waals surface area contributed by atoms with Crippen molar-refractivity contribution in [1.29, 1.82) is 0 Å². The number of nitrogens with zero attached hydrogens (tertiary/aromatic N) is 6. The van der Waals surface area contributed by atoms with Crippen molar-refractivity contribution < 1.29 is 9.53 Å². The molecule has 3 aromatic rings. The first-order valence-electron chi connectivity index (χ1n) is 9.94. The van der Waals surface area contributed by atoms with E-state index in [0.29, 0.717) is 28.8 Å². The number of carbonyl (C=O) groups excluding carboxylic acids is 1. The summed E-state index contributed by atoms with van der Waals surface area (Å²) >= 11 is 0. The van der Waals surface area contributed by atoms with Crippen LogP contribution in [0.2, 0.25) is 0 Å². The van der Waals surface area contributed by atoms with E-state index in [4.69, 9.17) is 9.72 Å². The first-order chi connectivity index (χ1) is 14.6. The number of hydrogen-bond acceptors (Lipinski definition) is 8. The Bertz CT molecular complexity index is 1080. The molecule has 1 aliphatic carbocycles. The summed E-state index contributed by atoms with van der Waals surface area (Å²) in [5, 5.41) is 10.9. The molecule has 2 N–H and O–H groups in total. The minimum Gasteiger partial charge on any atom is -0.381 e. The number of amides is 1. The SMILES string of the molecule is CO[C@H]1CC[C@H](N2C(=O)CNc3ncc(-c4ccc(-c5nnc[nH]5)nc4C)nc32)C1. The van der Waals surface area contributed by atoms with E-state index >= 15 is 0 Å². The highest BCUT2D eigenvalue weighted by atomic mass is 16.5. The fourth-order valence-electron chi connectivity index (χ4n) is 4.20. The number of aryl methyl sites for hydroxylation is 1. The maximum atomic E-state index is 12.8. The number of nitrogens with one attached hydrogen (secondary N) is 2. The van der Waals surface area contributed by atoms with Gasteiger partial charge >= 0.3 is 0 Å². The molecule has 5 rings (SSSR count). The van der Waals surface area contributed by atoms with Gasteiger partial charge in [0.1, 0.15) is 12.0 Å². The summed E-state index contributed by atoms with van der Waals surface area (Å²) in [6.07, 6.45) is 6.04. The predicted molar refractivity (Wildman–Crippen MR) is 110 cm³/mol. The second-order valence-electron chi connectivity index (χ2n) is 7.54. The van der Waals surface area contributed by atoms with E-state index in [1.54, 1.807) is 18.2 Å². The quantitative estimate of drug-likeness (QED) is 0.674. The molecule has 154 valence electrons. The highest BCUT2D eigenvalue weighted by Crippen LogP contribution is 2.35. The maximum absolute atomic E-state index is 12.8.